The lowest BCUT2D eigenvalue weighted by Gasteiger charge is -2.10. The molecule has 13 nitrogen and oxygen atoms in total. The van der Waals surface area contributed by atoms with Gasteiger partial charge in [-0.3, -0.25) is 9.59 Å². The summed E-state index contributed by atoms with van der Waals surface area (Å²) in [5, 5.41) is 66.7. The fraction of sp³-hybridized carbons (Fsp3) is 0.0244. The molecule has 0 fully saturated rings. The minimum Gasteiger partial charge on any atom is -0.506 e. The van der Waals surface area contributed by atoms with E-state index in [0.29, 0.717) is 33.3 Å². The number of amides is 2. The minimum absolute atomic E-state index is 0.00192. The molecule has 0 saturated carbocycles. The normalized spacial score (nSPS) is 11.4. The number of anilines is 2. The monoisotopic (exact) mass is 718 g/mol. The Labute approximate surface area is 307 Å². The highest BCUT2D eigenvalue weighted by Crippen LogP contribution is 2.42. The molecule has 7 aromatic rings. The Balaban J connectivity index is 1.01. The molecule has 0 spiro atoms. The number of rotatable bonds is 9. The van der Waals surface area contributed by atoms with Crippen molar-refractivity contribution < 1.29 is 34.8 Å². The maximum Gasteiger partial charge on any atom is 0.255 e. The first-order valence-electron chi connectivity index (χ1n) is 16.4. The van der Waals surface area contributed by atoms with E-state index in [1.807, 2.05) is 18.2 Å². The molecule has 0 aliphatic heterocycles. The van der Waals surface area contributed by atoms with Crippen LogP contribution in [0.4, 0.5) is 34.1 Å². The third-order valence-corrected chi connectivity index (χ3v) is 8.46. The first-order valence-corrected chi connectivity index (χ1v) is 16.4. The molecule has 0 aromatic heterocycles. The highest BCUT2D eigenvalue weighted by molar-refractivity contribution is 6.06. The molecule has 0 aliphatic rings. The third-order valence-electron chi connectivity index (χ3n) is 8.46. The molecule has 2 amide bonds. The van der Waals surface area contributed by atoms with Gasteiger partial charge >= 0.3 is 0 Å². The summed E-state index contributed by atoms with van der Waals surface area (Å²) in [6.07, 6.45) is 0. The Bertz CT molecular complexity index is 2640. The average Bonchev–Trinajstić information content (AvgIpc) is 3.19. The van der Waals surface area contributed by atoms with Crippen molar-refractivity contribution in [3.8, 4) is 28.7 Å². The summed E-state index contributed by atoms with van der Waals surface area (Å²) < 4.78 is 5.44. The standard InChI is InChI=1S/C41H30N6O7/c1-54-37-22-34(39(51)30-9-5-4-8-29(30)37)47-46-33-21-25(12-19-36(33)49)41(53)43-27-15-13-26(14-16-27)42-40(52)24-11-18-35(48)32(20-24)45-44-31-17-10-23-6-2-3-7-28(23)38(31)50/h2-22,48-51H,1H3,(H,42,52)(H,43,53). The number of carbonyl (C=O) groups excluding carboxylic acids is 2. The van der Waals surface area contributed by atoms with Gasteiger partial charge < -0.3 is 35.8 Å². The Morgan fingerprint density at radius 2 is 0.981 bits per heavy atom. The van der Waals surface area contributed by atoms with Crippen LogP contribution < -0.4 is 15.4 Å². The number of phenolic OH excluding ortho intramolecular Hbond substituents is 4. The number of nitrogens with one attached hydrogen (secondary N) is 2. The maximum absolute atomic E-state index is 13.1. The molecule has 0 unspecified atom stereocenters. The number of carbonyl (C=O) groups is 2. The van der Waals surface area contributed by atoms with Gasteiger partial charge in [0.1, 0.15) is 40.0 Å². The second-order valence-electron chi connectivity index (χ2n) is 11.9. The minimum atomic E-state index is -0.499. The Kier molecular flexibility index (Phi) is 9.50. The highest BCUT2D eigenvalue weighted by Gasteiger charge is 2.15. The van der Waals surface area contributed by atoms with E-state index in [1.165, 1.54) is 49.6 Å². The van der Waals surface area contributed by atoms with Crippen LogP contribution in [0.15, 0.2) is 148 Å². The molecular weight excluding hydrogens is 688 g/mol. The predicted octanol–water partition coefficient (Wildman–Crippen LogP) is 10.2. The summed E-state index contributed by atoms with van der Waals surface area (Å²) in [6.45, 7) is 0. The molecule has 7 rings (SSSR count). The number of methoxy groups -OCH3 is 1. The number of phenols is 4. The van der Waals surface area contributed by atoms with Crippen LogP contribution in [-0.4, -0.2) is 39.4 Å². The maximum atomic E-state index is 13.1. The van der Waals surface area contributed by atoms with Crippen LogP contribution in [0.25, 0.3) is 21.5 Å². The first kappa shape index (κ1) is 34.6. The van der Waals surface area contributed by atoms with Gasteiger partial charge in [0.2, 0.25) is 0 Å². The summed E-state index contributed by atoms with van der Waals surface area (Å²) in [5.74, 6) is -1.11. The van der Waals surface area contributed by atoms with E-state index >= 15 is 0 Å². The molecule has 0 atom stereocenters. The number of benzene rings is 7. The van der Waals surface area contributed by atoms with Crippen LogP contribution in [0.2, 0.25) is 0 Å². The number of hydrogen-bond donors (Lipinski definition) is 6. The van der Waals surface area contributed by atoms with Gasteiger partial charge in [0.15, 0.2) is 11.5 Å². The van der Waals surface area contributed by atoms with E-state index in [9.17, 15) is 30.0 Å². The van der Waals surface area contributed by atoms with Crippen LogP contribution >= 0.6 is 0 Å². The lowest BCUT2D eigenvalue weighted by molar-refractivity contribution is 0.101. The van der Waals surface area contributed by atoms with Gasteiger partial charge in [-0.25, -0.2) is 0 Å². The predicted molar refractivity (Wildman–Crippen MR) is 205 cm³/mol. The number of nitrogens with zero attached hydrogens (tertiary/aromatic N) is 4. The van der Waals surface area contributed by atoms with Crippen molar-refractivity contribution in [3.05, 3.63) is 139 Å². The van der Waals surface area contributed by atoms with E-state index in [-0.39, 0.29) is 56.9 Å². The van der Waals surface area contributed by atoms with Gasteiger partial charge in [0.05, 0.1) is 7.11 Å². The molecule has 0 aliphatic carbocycles. The topological polar surface area (TPSA) is 198 Å². The van der Waals surface area contributed by atoms with Crippen molar-refractivity contribution in [2.24, 2.45) is 20.5 Å². The Morgan fingerprint density at radius 3 is 1.56 bits per heavy atom. The molecule has 0 bridgehead atoms. The van der Waals surface area contributed by atoms with E-state index in [2.05, 4.69) is 31.1 Å². The zero-order valence-electron chi connectivity index (χ0n) is 28.4. The quantitative estimate of drug-likeness (QED) is 0.0798. The number of fused-ring (bicyclic) bond motifs is 2. The summed E-state index contributed by atoms with van der Waals surface area (Å²) in [7, 11) is 1.50. The van der Waals surface area contributed by atoms with Crippen molar-refractivity contribution in [2.75, 3.05) is 17.7 Å². The fourth-order valence-electron chi connectivity index (χ4n) is 5.63. The summed E-state index contributed by atoms with van der Waals surface area (Å²) in [5.41, 5.74) is 1.56. The number of azo groups is 2. The SMILES string of the molecule is COc1cc(N=Nc2cc(C(=O)Nc3ccc(NC(=O)c4ccc(O)c(N=Nc5ccc6ccccc6c5O)c4)cc3)ccc2O)c(O)c2ccccc12. The Morgan fingerprint density at radius 1 is 0.500 bits per heavy atom. The average molecular weight is 719 g/mol. The van der Waals surface area contributed by atoms with E-state index < -0.39 is 11.8 Å². The molecule has 0 radical (unpaired) electrons. The van der Waals surface area contributed by atoms with Crippen LogP contribution in [0, 0.1) is 0 Å². The van der Waals surface area contributed by atoms with Gasteiger partial charge in [-0.15, -0.1) is 20.5 Å². The van der Waals surface area contributed by atoms with E-state index in [4.69, 9.17) is 4.74 Å². The van der Waals surface area contributed by atoms with Gasteiger partial charge in [0, 0.05) is 44.7 Å². The number of ether oxygens (including phenoxy) is 1. The van der Waals surface area contributed by atoms with Gasteiger partial charge in [0.25, 0.3) is 11.8 Å². The molecular formula is C41H30N6O7. The van der Waals surface area contributed by atoms with Crippen molar-refractivity contribution in [1.82, 2.24) is 0 Å². The molecule has 7 aromatic carbocycles. The lowest BCUT2D eigenvalue weighted by Crippen LogP contribution is -2.13. The summed E-state index contributed by atoms with van der Waals surface area (Å²) in [4.78, 5) is 26.2. The zero-order chi connectivity index (χ0) is 37.8. The van der Waals surface area contributed by atoms with E-state index in [1.54, 1.807) is 66.7 Å². The number of hydrogen-bond acceptors (Lipinski definition) is 11. The van der Waals surface area contributed by atoms with Gasteiger partial charge in [-0.2, -0.15) is 0 Å². The molecule has 0 heterocycles. The van der Waals surface area contributed by atoms with Gasteiger partial charge in [-0.1, -0.05) is 54.6 Å². The number of aromatic hydroxyl groups is 4. The molecule has 54 heavy (non-hydrogen) atoms. The highest BCUT2D eigenvalue weighted by atomic mass is 16.5. The van der Waals surface area contributed by atoms with Crippen molar-refractivity contribution >= 4 is 67.5 Å². The van der Waals surface area contributed by atoms with Crippen LogP contribution in [0.5, 0.6) is 28.7 Å². The summed E-state index contributed by atoms with van der Waals surface area (Å²) in [6, 6.07) is 33.9. The largest absolute Gasteiger partial charge is 0.506 e. The fourth-order valence-corrected chi connectivity index (χ4v) is 5.63. The van der Waals surface area contributed by atoms with Crippen molar-refractivity contribution in [1.29, 1.82) is 0 Å². The molecule has 6 N–H and O–H groups in total. The molecule has 266 valence electrons. The summed E-state index contributed by atoms with van der Waals surface area (Å²) >= 11 is 0. The third kappa shape index (κ3) is 7.18. The van der Waals surface area contributed by atoms with Crippen molar-refractivity contribution in [2.45, 2.75) is 0 Å². The second kappa shape index (κ2) is 14.8. The lowest BCUT2D eigenvalue weighted by atomic mass is 10.1. The van der Waals surface area contributed by atoms with Crippen LogP contribution in [0.1, 0.15) is 20.7 Å². The molecule has 13 heteroatoms. The van der Waals surface area contributed by atoms with Crippen LogP contribution in [0.3, 0.4) is 0 Å². The Hall–Kier alpha value is -7.80. The van der Waals surface area contributed by atoms with Crippen molar-refractivity contribution in [3.63, 3.8) is 0 Å². The smallest absolute Gasteiger partial charge is 0.255 e. The van der Waals surface area contributed by atoms with Crippen LogP contribution in [-0.2, 0) is 0 Å². The second-order valence-corrected chi connectivity index (χ2v) is 11.9. The van der Waals surface area contributed by atoms with Gasteiger partial charge in [-0.05, 0) is 72.1 Å². The first-order chi connectivity index (χ1) is 26.2. The van der Waals surface area contributed by atoms with E-state index in [0.717, 1.165) is 5.39 Å². The zero-order valence-corrected chi connectivity index (χ0v) is 28.4. The molecule has 0 saturated heterocycles.